The van der Waals surface area contributed by atoms with E-state index in [0.29, 0.717) is 22.4 Å². The van der Waals surface area contributed by atoms with Crippen molar-refractivity contribution >= 4 is 36.1 Å². The quantitative estimate of drug-likeness (QED) is 0.352. The third kappa shape index (κ3) is 5.66. The Morgan fingerprint density at radius 2 is 1.64 bits per heavy atom. The molecule has 0 saturated carbocycles. The number of para-hydroxylation sites is 2. The molecule has 1 heterocycles. The Bertz CT molecular complexity index is 1430. The van der Waals surface area contributed by atoms with E-state index in [-0.39, 0.29) is 18.7 Å². The van der Waals surface area contributed by atoms with Crippen LogP contribution in [0.4, 0.5) is 0 Å². The lowest BCUT2D eigenvalue weighted by Gasteiger charge is -2.20. The van der Waals surface area contributed by atoms with Crippen LogP contribution >= 0.6 is 0 Å². The molecular weight excluding hydrogens is 472 g/mol. The molecule has 0 aliphatic rings. The second kappa shape index (κ2) is 10.4. The van der Waals surface area contributed by atoms with Crippen molar-refractivity contribution in [2.75, 3.05) is 7.11 Å². The third-order valence-corrected chi connectivity index (χ3v) is 8.22. The normalized spacial score (nSPS) is 12.3. The van der Waals surface area contributed by atoms with Gasteiger partial charge in [-0.2, -0.15) is 0 Å². The number of amides is 1. The van der Waals surface area contributed by atoms with Gasteiger partial charge in [0.25, 0.3) is 0 Å². The second-order valence-electron chi connectivity index (χ2n) is 9.79. The number of carbonyl (C=O) groups is 2. The minimum Gasteiger partial charge on any atom is -0.497 e. The molecule has 1 amide bonds. The Balaban J connectivity index is 1.57. The first-order valence-corrected chi connectivity index (χ1v) is 15.3. The van der Waals surface area contributed by atoms with Crippen LogP contribution in [-0.2, 0) is 22.6 Å². The maximum absolute atomic E-state index is 13.4. The molecule has 0 fully saturated rings. The highest BCUT2D eigenvalue weighted by Crippen LogP contribution is 2.21. The molecular formula is C28H30N2O5Si. The molecule has 186 valence electrons. The summed E-state index contributed by atoms with van der Waals surface area (Å²) in [4.78, 5) is 38.8. The van der Waals surface area contributed by atoms with Crippen molar-refractivity contribution in [2.24, 2.45) is 0 Å². The Labute approximate surface area is 210 Å². The van der Waals surface area contributed by atoms with Crippen LogP contribution in [0, 0.1) is 0 Å². The van der Waals surface area contributed by atoms with Gasteiger partial charge in [-0.25, -0.2) is 4.79 Å². The molecule has 0 bridgehead atoms. The van der Waals surface area contributed by atoms with E-state index in [1.165, 1.54) is 9.75 Å². The van der Waals surface area contributed by atoms with Gasteiger partial charge in [0.2, 0.25) is 5.91 Å². The number of ketones is 1. The van der Waals surface area contributed by atoms with Crippen LogP contribution < -0.4 is 21.0 Å². The predicted octanol–water partition coefficient (Wildman–Crippen LogP) is 3.82. The highest BCUT2D eigenvalue weighted by molar-refractivity contribution is 6.88. The predicted molar refractivity (Wildman–Crippen MR) is 142 cm³/mol. The molecule has 1 atom stereocenters. The second-order valence-corrected chi connectivity index (χ2v) is 14.9. The number of oxazole rings is 1. The Kier molecular flexibility index (Phi) is 7.26. The topological polar surface area (TPSA) is 90.5 Å². The molecule has 7 nitrogen and oxygen atoms in total. The number of nitrogens with one attached hydrogen (secondary N) is 1. The van der Waals surface area contributed by atoms with Crippen molar-refractivity contribution in [1.29, 1.82) is 0 Å². The van der Waals surface area contributed by atoms with Gasteiger partial charge in [-0.05, 0) is 35.4 Å². The Morgan fingerprint density at radius 1 is 0.972 bits per heavy atom. The fourth-order valence-electron chi connectivity index (χ4n) is 4.09. The Hall–Kier alpha value is -3.91. The minimum absolute atomic E-state index is 0.154. The zero-order chi connectivity index (χ0) is 25.9. The van der Waals surface area contributed by atoms with Crippen LogP contribution in [0.5, 0.6) is 5.75 Å². The number of hydrogen-bond donors (Lipinski definition) is 1. The van der Waals surface area contributed by atoms with E-state index in [4.69, 9.17) is 9.15 Å². The third-order valence-electron chi connectivity index (χ3n) is 6.15. The van der Waals surface area contributed by atoms with E-state index in [0.717, 1.165) is 5.56 Å². The number of hydrogen-bond acceptors (Lipinski definition) is 5. The number of fused-ring (bicyclic) bond motifs is 1. The van der Waals surface area contributed by atoms with E-state index < -0.39 is 25.8 Å². The van der Waals surface area contributed by atoms with Gasteiger partial charge in [-0.1, -0.05) is 73.4 Å². The lowest BCUT2D eigenvalue weighted by Crippen LogP contribution is -2.38. The summed E-state index contributed by atoms with van der Waals surface area (Å²) < 4.78 is 11.7. The molecule has 8 heteroatoms. The van der Waals surface area contributed by atoms with Crippen molar-refractivity contribution in [2.45, 2.75) is 38.6 Å². The van der Waals surface area contributed by atoms with Crippen molar-refractivity contribution < 1.29 is 18.7 Å². The van der Waals surface area contributed by atoms with Gasteiger partial charge in [0.1, 0.15) is 18.3 Å². The first kappa shape index (κ1) is 25.2. The monoisotopic (exact) mass is 502 g/mol. The molecule has 1 unspecified atom stereocenters. The van der Waals surface area contributed by atoms with Crippen LogP contribution in [0.1, 0.15) is 17.2 Å². The molecule has 0 spiro atoms. The molecule has 1 aromatic heterocycles. The molecule has 0 aliphatic heterocycles. The molecule has 36 heavy (non-hydrogen) atoms. The SMILES string of the molecule is COc1ccc(C(NC(=O)Cn2c(=O)oc3ccccc32)C(=O)Cc2ccc([Si](C)(C)C)cc2)cc1. The minimum atomic E-state index is -1.45. The van der Waals surface area contributed by atoms with Crippen molar-refractivity contribution in [3.63, 3.8) is 0 Å². The van der Waals surface area contributed by atoms with E-state index in [1.807, 2.05) is 12.1 Å². The summed E-state index contributed by atoms with van der Waals surface area (Å²) in [5.41, 5.74) is 2.44. The average Bonchev–Trinajstić information content (AvgIpc) is 3.17. The molecule has 4 rings (SSSR count). The summed E-state index contributed by atoms with van der Waals surface area (Å²) in [6, 6.07) is 21.2. The van der Waals surface area contributed by atoms with Gasteiger partial charge in [0.15, 0.2) is 11.4 Å². The smallest absolute Gasteiger partial charge is 0.420 e. The van der Waals surface area contributed by atoms with Crippen molar-refractivity contribution in [3.05, 3.63) is 94.5 Å². The lowest BCUT2D eigenvalue weighted by atomic mass is 9.97. The molecule has 0 radical (unpaired) electrons. The van der Waals surface area contributed by atoms with Crippen LogP contribution in [-0.4, -0.2) is 31.4 Å². The zero-order valence-corrected chi connectivity index (χ0v) is 21.9. The number of aromatic nitrogens is 1. The largest absolute Gasteiger partial charge is 0.497 e. The molecule has 0 saturated heterocycles. The summed E-state index contributed by atoms with van der Waals surface area (Å²) in [5.74, 6) is -0.596. The first-order chi connectivity index (χ1) is 17.2. The number of methoxy groups -OCH3 is 1. The summed E-state index contributed by atoms with van der Waals surface area (Å²) >= 11 is 0. The highest BCUT2D eigenvalue weighted by Gasteiger charge is 2.24. The van der Waals surface area contributed by atoms with E-state index in [9.17, 15) is 14.4 Å². The number of Topliss-reactive ketones (excluding diaryl/α,β-unsaturated/α-hetero) is 1. The number of carbonyl (C=O) groups excluding carboxylic acids is 2. The average molecular weight is 503 g/mol. The van der Waals surface area contributed by atoms with Gasteiger partial charge < -0.3 is 14.5 Å². The summed E-state index contributed by atoms with van der Waals surface area (Å²) in [7, 11) is 0.119. The maximum Gasteiger partial charge on any atom is 0.420 e. The van der Waals surface area contributed by atoms with E-state index >= 15 is 0 Å². The van der Waals surface area contributed by atoms with Gasteiger partial charge in [0.05, 0.1) is 20.7 Å². The summed E-state index contributed by atoms with van der Waals surface area (Å²) in [5, 5.41) is 4.15. The number of ether oxygens (including phenoxy) is 1. The van der Waals surface area contributed by atoms with Gasteiger partial charge in [-0.3, -0.25) is 14.2 Å². The number of benzene rings is 3. The van der Waals surface area contributed by atoms with Gasteiger partial charge in [-0.15, -0.1) is 0 Å². The zero-order valence-electron chi connectivity index (χ0n) is 20.9. The fraction of sp³-hybridized carbons (Fsp3) is 0.250. The van der Waals surface area contributed by atoms with Crippen molar-refractivity contribution in [1.82, 2.24) is 9.88 Å². The van der Waals surface area contributed by atoms with Gasteiger partial charge >= 0.3 is 5.76 Å². The van der Waals surface area contributed by atoms with E-state index in [1.54, 1.807) is 55.6 Å². The molecule has 4 aromatic rings. The fourth-order valence-corrected chi connectivity index (χ4v) is 5.25. The number of rotatable bonds is 9. The van der Waals surface area contributed by atoms with Crippen LogP contribution in [0.25, 0.3) is 11.1 Å². The van der Waals surface area contributed by atoms with Crippen molar-refractivity contribution in [3.8, 4) is 5.75 Å². The lowest BCUT2D eigenvalue weighted by molar-refractivity contribution is -0.128. The molecule has 3 aromatic carbocycles. The summed E-state index contributed by atoms with van der Waals surface area (Å²) in [6.07, 6.45) is 0.164. The maximum atomic E-state index is 13.4. The Morgan fingerprint density at radius 3 is 2.28 bits per heavy atom. The van der Waals surface area contributed by atoms with Crippen LogP contribution in [0.3, 0.4) is 0 Å². The van der Waals surface area contributed by atoms with Crippen LogP contribution in [0.2, 0.25) is 19.6 Å². The number of nitrogens with zero attached hydrogens (tertiary/aromatic N) is 1. The van der Waals surface area contributed by atoms with Gasteiger partial charge in [0, 0.05) is 6.42 Å². The first-order valence-electron chi connectivity index (χ1n) is 11.8. The standard InChI is InChI=1S/C28H30N2O5Si/c1-34-21-13-11-20(12-14-21)27(24(31)17-19-9-15-22(16-10-19)36(2,3)4)29-26(32)18-30-23-7-5-6-8-25(23)35-28(30)33/h5-16,27H,17-18H2,1-4H3,(H,29,32). The highest BCUT2D eigenvalue weighted by atomic mass is 28.3. The molecule has 0 aliphatic carbocycles. The van der Waals surface area contributed by atoms with E-state index in [2.05, 4.69) is 37.1 Å². The summed E-state index contributed by atoms with van der Waals surface area (Å²) in [6.45, 7) is 6.56. The van der Waals surface area contributed by atoms with Crippen LogP contribution in [0.15, 0.2) is 82.0 Å². The molecule has 1 N–H and O–H groups in total.